The van der Waals surface area contributed by atoms with Gasteiger partial charge in [0.1, 0.15) is 11.4 Å². The van der Waals surface area contributed by atoms with Crippen LogP contribution in [0.25, 0.3) is 22.7 Å². The number of benzene rings is 2. The molecule has 2 heterocycles. The maximum absolute atomic E-state index is 13.2. The molecule has 4 aromatic rings. The van der Waals surface area contributed by atoms with Crippen molar-refractivity contribution in [3.63, 3.8) is 0 Å². The number of nitrogens with zero attached hydrogens (tertiary/aromatic N) is 5. The zero-order valence-electron chi connectivity index (χ0n) is 16.5. The molecular weight excluding hydrogens is 380 g/mol. The van der Waals surface area contributed by atoms with Crippen molar-refractivity contribution in [1.82, 2.24) is 20.0 Å². The lowest BCUT2D eigenvalue weighted by Gasteiger charge is -2.15. The molecule has 0 bridgehead atoms. The van der Waals surface area contributed by atoms with E-state index in [9.17, 15) is 4.79 Å². The molecule has 0 aliphatic rings. The van der Waals surface area contributed by atoms with Crippen LogP contribution in [0.15, 0.2) is 63.8 Å². The number of aromatic nitrogens is 4. The Bertz CT molecular complexity index is 1280. The summed E-state index contributed by atoms with van der Waals surface area (Å²) < 4.78 is 7.07. The van der Waals surface area contributed by atoms with Crippen LogP contribution >= 0.6 is 0 Å². The van der Waals surface area contributed by atoms with Gasteiger partial charge in [-0.2, -0.15) is 10.4 Å². The predicted molar refractivity (Wildman–Crippen MR) is 112 cm³/mol. The third kappa shape index (κ3) is 3.56. The van der Waals surface area contributed by atoms with Crippen LogP contribution in [0.5, 0.6) is 0 Å². The zero-order chi connectivity index (χ0) is 21.1. The lowest BCUT2D eigenvalue weighted by Crippen LogP contribution is -2.26. The van der Waals surface area contributed by atoms with Gasteiger partial charge in [-0.05, 0) is 31.2 Å². The Kier molecular flexibility index (Phi) is 5.09. The Morgan fingerprint density at radius 1 is 1.10 bits per heavy atom. The molecule has 0 atom stereocenters. The fourth-order valence-electron chi connectivity index (χ4n) is 3.08. The van der Waals surface area contributed by atoms with Crippen LogP contribution in [0.4, 0.5) is 11.4 Å². The van der Waals surface area contributed by atoms with Crippen LogP contribution in [0.1, 0.15) is 18.4 Å². The van der Waals surface area contributed by atoms with Crippen molar-refractivity contribution in [2.75, 3.05) is 5.32 Å². The van der Waals surface area contributed by atoms with E-state index in [0.29, 0.717) is 34.9 Å². The minimum atomic E-state index is -0.313. The highest BCUT2D eigenvalue weighted by Gasteiger charge is 2.24. The van der Waals surface area contributed by atoms with Crippen molar-refractivity contribution in [2.24, 2.45) is 0 Å². The second kappa shape index (κ2) is 8.01. The number of aryl methyl sites for hydroxylation is 2. The smallest absolute Gasteiger partial charge is 0.291 e. The molecule has 1 N–H and O–H groups in total. The van der Waals surface area contributed by atoms with Crippen LogP contribution in [0, 0.1) is 18.3 Å². The maximum atomic E-state index is 13.2. The van der Waals surface area contributed by atoms with E-state index in [2.05, 4.69) is 26.7 Å². The van der Waals surface area contributed by atoms with Gasteiger partial charge in [-0.3, -0.25) is 4.79 Å². The molecule has 0 fully saturated rings. The van der Waals surface area contributed by atoms with Crippen LogP contribution in [-0.2, 0) is 6.54 Å². The van der Waals surface area contributed by atoms with E-state index in [-0.39, 0.29) is 17.1 Å². The average molecular weight is 398 g/mol. The van der Waals surface area contributed by atoms with Crippen molar-refractivity contribution >= 4 is 11.4 Å². The van der Waals surface area contributed by atoms with Crippen LogP contribution < -0.4 is 10.9 Å². The van der Waals surface area contributed by atoms with E-state index < -0.39 is 0 Å². The van der Waals surface area contributed by atoms with E-state index in [1.807, 2.05) is 37.3 Å². The first-order chi connectivity index (χ1) is 14.6. The van der Waals surface area contributed by atoms with Gasteiger partial charge in [0.05, 0.1) is 17.2 Å². The number of nitrogens with one attached hydrogen (secondary N) is 1. The molecule has 0 radical (unpaired) electrons. The fourth-order valence-corrected chi connectivity index (χ4v) is 3.08. The summed E-state index contributed by atoms with van der Waals surface area (Å²) in [4.78, 5) is 13.2. The topological polar surface area (TPSA) is 110 Å². The maximum Gasteiger partial charge on any atom is 0.291 e. The molecule has 8 nitrogen and oxygen atoms in total. The Hall–Kier alpha value is -4.25. The molecule has 0 aliphatic carbocycles. The van der Waals surface area contributed by atoms with E-state index in [4.69, 9.17) is 9.68 Å². The summed E-state index contributed by atoms with van der Waals surface area (Å²) in [5.74, 6) is 0.586. The molecule has 0 amide bonds. The molecular formula is C22H18N6O2. The van der Waals surface area contributed by atoms with Crippen molar-refractivity contribution < 1.29 is 4.42 Å². The van der Waals surface area contributed by atoms with Crippen molar-refractivity contribution in [1.29, 1.82) is 5.26 Å². The highest BCUT2D eigenvalue weighted by atomic mass is 16.4. The largest absolute Gasteiger partial charge is 0.421 e. The molecule has 4 rings (SSSR count). The van der Waals surface area contributed by atoms with Crippen molar-refractivity contribution in [3.05, 3.63) is 76.4 Å². The number of hydrogen-bond acceptors (Lipinski definition) is 7. The summed E-state index contributed by atoms with van der Waals surface area (Å²) in [6.45, 7) is 3.93. The quantitative estimate of drug-likeness (QED) is 0.543. The first kappa shape index (κ1) is 19.1. The highest BCUT2D eigenvalue weighted by Crippen LogP contribution is 2.35. The average Bonchev–Trinajstić information content (AvgIpc) is 3.21. The summed E-state index contributed by atoms with van der Waals surface area (Å²) >= 11 is 0. The van der Waals surface area contributed by atoms with Crippen LogP contribution in [-0.4, -0.2) is 20.0 Å². The molecule has 0 spiro atoms. The van der Waals surface area contributed by atoms with Gasteiger partial charge in [-0.15, -0.1) is 10.2 Å². The van der Waals surface area contributed by atoms with Gasteiger partial charge < -0.3 is 9.73 Å². The van der Waals surface area contributed by atoms with Gasteiger partial charge in [0.2, 0.25) is 5.89 Å². The predicted octanol–water partition coefficient (Wildman–Crippen LogP) is 3.90. The molecule has 0 aliphatic heterocycles. The van der Waals surface area contributed by atoms with E-state index in [0.717, 1.165) is 5.56 Å². The van der Waals surface area contributed by atoms with Gasteiger partial charge in [-0.25, -0.2) is 4.68 Å². The number of nitriles is 1. The minimum Gasteiger partial charge on any atom is -0.421 e. The molecule has 2 aromatic heterocycles. The van der Waals surface area contributed by atoms with Gasteiger partial charge in [-0.1, -0.05) is 30.3 Å². The van der Waals surface area contributed by atoms with Crippen molar-refractivity contribution in [2.45, 2.75) is 20.4 Å². The summed E-state index contributed by atoms with van der Waals surface area (Å²) in [5.41, 5.74) is 2.94. The number of anilines is 2. The standard InChI is InChI=1S/C22H18N6O2/c1-3-28-22(29)20(24-17-11-9-15(13-23)10-12-17)18(21-26-25-14(2)30-21)19(27-28)16-7-5-4-6-8-16/h4-12,24H,3H2,1-2H3. The zero-order valence-corrected chi connectivity index (χ0v) is 16.5. The third-order valence-electron chi connectivity index (χ3n) is 4.53. The van der Waals surface area contributed by atoms with Gasteiger partial charge in [0, 0.05) is 24.7 Å². The monoisotopic (exact) mass is 398 g/mol. The minimum absolute atomic E-state index is 0.204. The SMILES string of the molecule is CCn1nc(-c2ccccc2)c(-c2nnc(C)o2)c(Nc2ccc(C#N)cc2)c1=O. The molecule has 8 heteroatoms. The second-order valence-corrected chi connectivity index (χ2v) is 6.53. The lowest BCUT2D eigenvalue weighted by atomic mass is 10.0. The molecule has 30 heavy (non-hydrogen) atoms. The van der Waals surface area contributed by atoms with Gasteiger partial charge in [0.15, 0.2) is 0 Å². The third-order valence-corrected chi connectivity index (χ3v) is 4.53. The molecule has 0 saturated carbocycles. The number of hydrogen-bond donors (Lipinski definition) is 1. The van der Waals surface area contributed by atoms with Gasteiger partial charge >= 0.3 is 0 Å². The fraction of sp³-hybridized carbons (Fsp3) is 0.136. The van der Waals surface area contributed by atoms with Crippen molar-refractivity contribution in [3.8, 4) is 28.8 Å². The first-order valence-corrected chi connectivity index (χ1v) is 9.39. The molecule has 0 saturated heterocycles. The van der Waals surface area contributed by atoms with Gasteiger partial charge in [0.25, 0.3) is 11.4 Å². The molecule has 148 valence electrons. The summed E-state index contributed by atoms with van der Waals surface area (Å²) in [6.07, 6.45) is 0. The van der Waals surface area contributed by atoms with E-state index in [1.54, 1.807) is 31.2 Å². The highest BCUT2D eigenvalue weighted by molar-refractivity contribution is 5.87. The Labute approximate surface area is 172 Å². The molecule has 2 aromatic carbocycles. The molecule has 0 unspecified atom stereocenters. The Balaban J connectivity index is 1.98. The lowest BCUT2D eigenvalue weighted by molar-refractivity contribution is 0.531. The van der Waals surface area contributed by atoms with E-state index >= 15 is 0 Å². The normalized spacial score (nSPS) is 10.6. The summed E-state index contributed by atoms with van der Waals surface area (Å²) in [7, 11) is 0. The van der Waals surface area contributed by atoms with E-state index in [1.165, 1.54) is 4.68 Å². The second-order valence-electron chi connectivity index (χ2n) is 6.53. The summed E-state index contributed by atoms with van der Waals surface area (Å²) in [5, 5.41) is 24.8. The Morgan fingerprint density at radius 2 is 1.83 bits per heavy atom. The summed E-state index contributed by atoms with van der Waals surface area (Å²) in [6, 6.07) is 18.4. The Morgan fingerprint density at radius 3 is 2.43 bits per heavy atom. The van der Waals surface area contributed by atoms with Crippen LogP contribution in [0.2, 0.25) is 0 Å². The van der Waals surface area contributed by atoms with Crippen LogP contribution in [0.3, 0.4) is 0 Å². The number of rotatable bonds is 5. The first-order valence-electron chi connectivity index (χ1n) is 9.39.